The van der Waals surface area contributed by atoms with E-state index in [1.807, 2.05) is 0 Å². The van der Waals surface area contributed by atoms with Crippen LogP contribution in [0.5, 0.6) is 11.5 Å². The van der Waals surface area contributed by atoms with Crippen LogP contribution in [0.4, 0.5) is 0 Å². The summed E-state index contributed by atoms with van der Waals surface area (Å²) >= 11 is 4.14. The smallest absolute Gasteiger partial charge is 0.311 e. The van der Waals surface area contributed by atoms with Gasteiger partial charge in [0.2, 0.25) is 0 Å². The summed E-state index contributed by atoms with van der Waals surface area (Å²) in [6.45, 7) is 0. The second kappa shape index (κ2) is 9.89. The molecule has 0 heterocycles. The van der Waals surface area contributed by atoms with Crippen LogP contribution in [0, 0.1) is 0 Å². The Bertz CT molecular complexity index is 693. The number of thiol groups is 1. The Morgan fingerprint density at radius 2 is 1.40 bits per heavy atom. The van der Waals surface area contributed by atoms with Crippen LogP contribution in [0.25, 0.3) is 0 Å². The van der Waals surface area contributed by atoms with Crippen LogP contribution < -0.4 is 9.47 Å². The van der Waals surface area contributed by atoms with Crippen molar-refractivity contribution >= 4 is 24.4 Å². The summed E-state index contributed by atoms with van der Waals surface area (Å²) in [5.74, 6) is 1.64. The molecule has 0 atom stereocenters. The molecular formula is C20H22O4S. The second-order valence-corrected chi connectivity index (χ2v) is 6.04. The molecule has 2 aromatic carbocycles. The lowest BCUT2D eigenvalue weighted by Gasteiger charge is -2.06. The van der Waals surface area contributed by atoms with Crippen molar-refractivity contribution in [2.75, 3.05) is 12.9 Å². The lowest BCUT2D eigenvalue weighted by molar-refractivity contribution is -0.134. The molecule has 0 aromatic heterocycles. The molecule has 4 nitrogen and oxygen atoms in total. The maximum absolute atomic E-state index is 12.4. The predicted octanol–water partition coefficient (Wildman–Crippen LogP) is 4.32. The van der Waals surface area contributed by atoms with Crippen molar-refractivity contribution < 1.29 is 19.1 Å². The zero-order valence-corrected chi connectivity index (χ0v) is 15.1. The monoisotopic (exact) mass is 358 g/mol. The Labute approximate surface area is 153 Å². The topological polar surface area (TPSA) is 52.6 Å². The number of esters is 1. The molecule has 0 aliphatic heterocycles. The van der Waals surface area contributed by atoms with Crippen molar-refractivity contribution in [1.29, 1.82) is 0 Å². The average molecular weight is 358 g/mol. The van der Waals surface area contributed by atoms with E-state index in [0.717, 1.165) is 25.0 Å². The third-order valence-corrected chi connectivity index (χ3v) is 4.06. The minimum Gasteiger partial charge on any atom is -0.497 e. The highest BCUT2D eigenvalue weighted by molar-refractivity contribution is 7.80. The zero-order chi connectivity index (χ0) is 18.1. The van der Waals surface area contributed by atoms with Gasteiger partial charge >= 0.3 is 5.97 Å². The van der Waals surface area contributed by atoms with Gasteiger partial charge in [-0.15, -0.1) is 0 Å². The van der Waals surface area contributed by atoms with Crippen LogP contribution in [0.1, 0.15) is 41.6 Å². The van der Waals surface area contributed by atoms with E-state index in [2.05, 4.69) is 12.6 Å². The summed E-state index contributed by atoms with van der Waals surface area (Å²) in [5.41, 5.74) is 1.12. The molecule has 0 fully saturated rings. The number of carbonyl (C=O) groups is 2. The molecular weight excluding hydrogens is 336 g/mol. The van der Waals surface area contributed by atoms with Crippen molar-refractivity contribution in [2.45, 2.75) is 25.7 Å². The standard InChI is InChI=1S/C20H22O4S/c1-23-17-10-6-15(7-11-17)20(22)16-8-12-18(13-9-16)24-19(21)5-3-2-4-14-25/h6-13,25H,2-5,14H2,1H3. The van der Waals surface area contributed by atoms with Gasteiger partial charge in [-0.25, -0.2) is 0 Å². The average Bonchev–Trinajstić information content (AvgIpc) is 2.65. The van der Waals surface area contributed by atoms with Gasteiger partial charge in [-0.3, -0.25) is 9.59 Å². The normalized spacial score (nSPS) is 10.3. The number of ketones is 1. The van der Waals surface area contributed by atoms with Gasteiger partial charge in [0.1, 0.15) is 11.5 Å². The van der Waals surface area contributed by atoms with Gasteiger partial charge < -0.3 is 9.47 Å². The molecule has 0 N–H and O–H groups in total. The molecule has 0 bridgehead atoms. The van der Waals surface area contributed by atoms with Crippen LogP contribution in [0.15, 0.2) is 48.5 Å². The molecule has 0 saturated carbocycles. The molecule has 0 spiro atoms. The van der Waals surface area contributed by atoms with Gasteiger partial charge in [0.25, 0.3) is 0 Å². The SMILES string of the molecule is COc1ccc(C(=O)c2ccc(OC(=O)CCCCCS)cc2)cc1. The fourth-order valence-corrected chi connectivity index (χ4v) is 2.55. The van der Waals surface area contributed by atoms with E-state index >= 15 is 0 Å². The fourth-order valence-electron chi connectivity index (χ4n) is 2.32. The molecule has 132 valence electrons. The Morgan fingerprint density at radius 3 is 1.92 bits per heavy atom. The first-order valence-corrected chi connectivity index (χ1v) is 8.87. The van der Waals surface area contributed by atoms with Gasteiger partial charge in [0, 0.05) is 17.5 Å². The van der Waals surface area contributed by atoms with Gasteiger partial charge in [-0.05, 0) is 67.1 Å². The molecule has 0 saturated heterocycles. The number of methoxy groups -OCH3 is 1. The van der Waals surface area contributed by atoms with Crippen molar-refractivity contribution in [3.8, 4) is 11.5 Å². The third-order valence-electron chi connectivity index (χ3n) is 3.74. The first-order chi connectivity index (χ1) is 12.1. The summed E-state index contributed by atoms with van der Waals surface area (Å²) in [5, 5.41) is 0. The molecule has 0 amide bonds. The lowest BCUT2D eigenvalue weighted by Crippen LogP contribution is -2.08. The van der Waals surface area contributed by atoms with Crippen LogP contribution in [-0.2, 0) is 4.79 Å². The van der Waals surface area contributed by atoms with Crippen LogP contribution in [0.2, 0.25) is 0 Å². The van der Waals surface area contributed by atoms with Gasteiger partial charge in [0.15, 0.2) is 5.78 Å². The Morgan fingerprint density at radius 1 is 0.840 bits per heavy atom. The number of hydrogen-bond donors (Lipinski definition) is 1. The maximum Gasteiger partial charge on any atom is 0.311 e. The molecule has 2 rings (SSSR count). The first-order valence-electron chi connectivity index (χ1n) is 8.24. The summed E-state index contributed by atoms with van der Waals surface area (Å²) in [6, 6.07) is 13.5. The zero-order valence-electron chi connectivity index (χ0n) is 14.2. The summed E-state index contributed by atoms with van der Waals surface area (Å²) in [4.78, 5) is 24.2. The molecule has 0 aliphatic carbocycles. The molecule has 25 heavy (non-hydrogen) atoms. The number of unbranched alkanes of at least 4 members (excludes halogenated alkanes) is 2. The minimum absolute atomic E-state index is 0.0905. The molecule has 2 aromatic rings. The van der Waals surface area contributed by atoms with Crippen molar-refractivity contribution in [3.63, 3.8) is 0 Å². The second-order valence-electron chi connectivity index (χ2n) is 5.59. The minimum atomic E-state index is -0.256. The maximum atomic E-state index is 12.4. The van der Waals surface area contributed by atoms with Gasteiger partial charge in [-0.1, -0.05) is 6.42 Å². The number of rotatable bonds is 9. The number of benzene rings is 2. The quantitative estimate of drug-likeness (QED) is 0.238. The third kappa shape index (κ3) is 5.94. The summed E-state index contributed by atoms with van der Waals surface area (Å²) in [7, 11) is 1.58. The van der Waals surface area contributed by atoms with E-state index in [4.69, 9.17) is 9.47 Å². The summed E-state index contributed by atoms with van der Waals surface area (Å²) < 4.78 is 10.4. The Kier molecular flexibility index (Phi) is 7.54. The van der Waals surface area contributed by atoms with Crippen LogP contribution in [-0.4, -0.2) is 24.6 Å². The number of carbonyl (C=O) groups excluding carboxylic acids is 2. The van der Waals surface area contributed by atoms with E-state index in [1.54, 1.807) is 55.6 Å². The summed E-state index contributed by atoms with van der Waals surface area (Å²) in [6.07, 6.45) is 3.15. The van der Waals surface area contributed by atoms with Crippen molar-refractivity contribution in [1.82, 2.24) is 0 Å². The van der Waals surface area contributed by atoms with E-state index in [1.165, 1.54) is 0 Å². The number of hydrogen-bond acceptors (Lipinski definition) is 5. The van der Waals surface area contributed by atoms with Crippen molar-refractivity contribution in [2.24, 2.45) is 0 Å². The molecule has 0 radical (unpaired) electrons. The molecule has 5 heteroatoms. The lowest BCUT2D eigenvalue weighted by atomic mass is 10.0. The van der Waals surface area contributed by atoms with Crippen LogP contribution in [0.3, 0.4) is 0 Å². The van der Waals surface area contributed by atoms with E-state index < -0.39 is 0 Å². The predicted molar refractivity (Wildman–Crippen MR) is 101 cm³/mol. The van der Waals surface area contributed by atoms with E-state index in [-0.39, 0.29) is 11.8 Å². The van der Waals surface area contributed by atoms with Crippen molar-refractivity contribution in [3.05, 3.63) is 59.7 Å². The largest absolute Gasteiger partial charge is 0.497 e. The first kappa shape index (κ1) is 19.1. The Hall–Kier alpha value is -2.27. The fraction of sp³-hybridized carbons (Fsp3) is 0.300. The van der Waals surface area contributed by atoms with E-state index in [0.29, 0.717) is 29.0 Å². The Balaban J connectivity index is 1.92. The molecule has 0 aliphatic rings. The van der Waals surface area contributed by atoms with Gasteiger partial charge in [-0.2, -0.15) is 12.6 Å². The van der Waals surface area contributed by atoms with Gasteiger partial charge in [0.05, 0.1) is 7.11 Å². The van der Waals surface area contributed by atoms with E-state index in [9.17, 15) is 9.59 Å². The number of ether oxygens (including phenoxy) is 2. The molecule has 0 unspecified atom stereocenters. The highest BCUT2D eigenvalue weighted by atomic mass is 32.1. The van der Waals surface area contributed by atoms with Crippen LogP contribution >= 0.6 is 12.6 Å². The highest BCUT2D eigenvalue weighted by Crippen LogP contribution is 2.18. The highest BCUT2D eigenvalue weighted by Gasteiger charge is 2.10.